The first-order valence-corrected chi connectivity index (χ1v) is 9.67. The first kappa shape index (κ1) is 20.3. The van der Waals surface area contributed by atoms with E-state index in [1.54, 1.807) is 48.5 Å². The zero-order valence-corrected chi connectivity index (χ0v) is 16.0. The summed E-state index contributed by atoms with van der Waals surface area (Å²) < 4.78 is 0. The highest BCUT2D eigenvalue weighted by Crippen LogP contribution is 2.24. The van der Waals surface area contributed by atoms with Crippen LogP contribution in [0.3, 0.4) is 0 Å². The molecular formula is C23H24N2O4. The third-order valence-electron chi connectivity index (χ3n) is 4.95. The SMILES string of the molecule is O=C(O)CCC1=C[C@H](NC(=O)c2ccccc2)CC[C@@H]1NC(=O)c1ccccc1. The average molecular weight is 392 g/mol. The van der Waals surface area contributed by atoms with Crippen molar-refractivity contribution in [2.45, 2.75) is 37.8 Å². The van der Waals surface area contributed by atoms with E-state index in [-0.39, 0.29) is 30.3 Å². The van der Waals surface area contributed by atoms with Crippen molar-refractivity contribution in [3.05, 3.63) is 83.4 Å². The molecule has 3 rings (SSSR count). The van der Waals surface area contributed by atoms with Crippen molar-refractivity contribution in [2.24, 2.45) is 0 Å². The van der Waals surface area contributed by atoms with Gasteiger partial charge in [0.05, 0.1) is 6.04 Å². The predicted octanol–water partition coefficient (Wildman–Crippen LogP) is 3.17. The second-order valence-electron chi connectivity index (χ2n) is 7.05. The van der Waals surface area contributed by atoms with Gasteiger partial charge in [-0.3, -0.25) is 14.4 Å². The Labute approximate surface area is 169 Å². The van der Waals surface area contributed by atoms with Crippen LogP contribution in [0.4, 0.5) is 0 Å². The van der Waals surface area contributed by atoms with Crippen molar-refractivity contribution in [1.29, 1.82) is 0 Å². The van der Waals surface area contributed by atoms with E-state index in [9.17, 15) is 14.4 Å². The largest absolute Gasteiger partial charge is 0.481 e. The molecule has 0 fully saturated rings. The number of benzene rings is 2. The van der Waals surface area contributed by atoms with Crippen molar-refractivity contribution in [1.82, 2.24) is 10.6 Å². The first-order chi connectivity index (χ1) is 14.0. The molecule has 6 nitrogen and oxygen atoms in total. The maximum absolute atomic E-state index is 12.5. The lowest BCUT2D eigenvalue weighted by Gasteiger charge is -2.30. The van der Waals surface area contributed by atoms with Gasteiger partial charge < -0.3 is 15.7 Å². The van der Waals surface area contributed by atoms with Gasteiger partial charge in [0.15, 0.2) is 0 Å². The van der Waals surface area contributed by atoms with Crippen molar-refractivity contribution >= 4 is 17.8 Å². The summed E-state index contributed by atoms with van der Waals surface area (Å²) in [5.41, 5.74) is 1.97. The molecule has 2 atom stereocenters. The molecule has 1 aliphatic carbocycles. The number of amides is 2. The highest BCUT2D eigenvalue weighted by Gasteiger charge is 2.26. The zero-order chi connectivity index (χ0) is 20.6. The third kappa shape index (κ3) is 5.78. The van der Waals surface area contributed by atoms with E-state index in [0.29, 0.717) is 30.4 Å². The normalized spacial score (nSPS) is 18.4. The molecular weight excluding hydrogens is 368 g/mol. The Morgan fingerprint density at radius 3 is 1.93 bits per heavy atom. The minimum absolute atomic E-state index is 0.0249. The van der Waals surface area contributed by atoms with Crippen LogP contribution in [0.2, 0.25) is 0 Å². The molecule has 3 N–H and O–H groups in total. The number of carbonyl (C=O) groups excluding carboxylic acids is 2. The molecule has 0 aliphatic heterocycles. The number of carboxylic acid groups (broad SMARTS) is 1. The smallest absolute Gasteiger partial charge is 0.303 e. The van der Waals surface area contributed by atoms with Gasteiger partial charge in [0, 0.05) is 23.6 Å². The van der Waals surface area contributed by atoms with Crippen molar-refractivity contribution in [2.75, 3.05) is 0 Å². The summed E-state index contributed by atoms with van der Waals surface area (Å²) >= 11 is 0. The molecule has 0 spiro atoms. The van der Waals surface area contributed by atoms with E-state index < -0.39 is 5.97 Å². The maximum atomic E-state index is 12.5. The number of hydrogen-bond donors (Lipinski definition) is 3. The number of hydrogen-bond acceptors (Lipinski definition) is 3. The lowest BCUT2D eigenvalue weighted by Crippen LogP contribution is -2.43. The average Bonchev–Trinajstić information content (AvgIpc) is 2.74. The molecule has 0 radical (unpaired) electrons. The van der Waals surface area contributed by atoms with Crippen molar-refractivity contribution in [3.63, 3.8) is 0 Å². The van der Waals surface area contributed by atoms with Gasteiger partial charge in [-0.15, -0.1) is 0 Å². The molecule has 2 amide bonds. The minimum atomic E-state index is -0.894. The Bertz CT molecular complexity index is 894. The molecule has 2 aromatic carbocycles. The fourth-order valence-corrected chi connectivity index (χ4v) is 3.45. The summed E-state index contributed by atoms with van der Waals surface area (Å²) in [5.74, 6) is -1.26. The summed E-state index contributed by atoms with van der Waals surface area (Å²) in [6.07, 6.45) is 3.48. The predicted molar refractivity (Wildman–Crippen MR) is 110 cm³/mol. The summed E-state index contributed by atoms with van der Waals surface area (Å²) in [7, 11) is 0. The van der Waals surface area contributed by atoms with Gasteiger partial charge in [-0.05, 0) is 49.1 Å². The van der Waals surface area contributed by atoms with Gasteiger partial charge in [-0.2, -0.15) is 0 Å². The van der Waals surface area contributed by atoms with Crippen LogP contribution in [0.1, 0.15) is 46.4 Å². The Morgan fingerprint density at radius 1 is 0.828 bits per heavy atom. The van der Waals surface area contributed by atoms with Crippen molar-refractivity contribution < 1.29 is 19.5 Å². The van der Waals surface area contributed by atoms with Crippen LogP contribution in [0.25, 0.3) is 0 Å². The Morgan fingerprint density at radius 2 is 1.38 bits per heavy atom. The van der Waals surface area contributed by atoms with E-state index in [1.807, 2.05) is 18.2 Å². The number of aliphatic carboxylic acids is 1. The zero-order valence-electron chi connectivity index (χ0n) is 16.0. The quantitative estimate of drug-likeness (QED) is 0.631. The molecule has 2 aromatic rings. The third-order valence-corrected chi connectivity index (χ3v) is 4.95. The molecule has 0 saturated heterocycles. The lowest BCUT2D eigenvalue weighted by atomic mass is 9.88. The second kappa shape index (κ2) is 9.68. The summed E-state index contributed by atoms with van der Waals surface area (Å²) in [4.78, 5) is 36.0. The Hall–Kier alpha value is -3.41. The number of carbonyl (C=O) groups is 3. The van der Waals surface area contributed by atoms with Crippen molar-refractivity contribution in [3.8, 4) is 0 Å². The lowest BCUT2D eigenvalue weighted by molar-refractivity contribution is -0.136. The highest BCUT2D eigenvalue weighted by atomic mass is 16.4. The Kier molecular flexibility index (Phi) is 6.79. The van der Waals surface area contributed by atoms with Gasteiger partial charge in [0.2, 0.25) is 0 Å². The second-order valence-corrected chi connectivity index (χ2v) is 7.05. The molecule has 150 valence electrons. The van der Waals surface area contributed by atoms with Gasteiger partial charge in [0.25, 0.3) is 11.8 Å². The van der Waals surface area contributed by atoms with Gasteiger partial charge in [-0.1, -0.05) is 42.5 Å². The number of nitrogens with one attached hydrogen (secondary N) is 2. The van der Waals surface area contributed by atoms with Crippen LogP contribution in [0.15, 0.2) is 72.3 Å². The molecule has 29 heavy (non-hydrogen) atoms. The summed E-state index contributed by atoms with van der Waals surface area (Å²) in [6.45, 7) is 0. The molecule has 1 aliphatic rings. The van der Waals surface area contributed by atoms with Gasteiger partial charge in [-0.25, -0.2) is 0 Å². The fourth-order valence-electron chi connectivity index (χ4n) is 3.45. The number of rotatable bonds is 7. The molecule has 0 heterocycles. The molecule has 6 heteroatoms. The first-order valence-electron chi connectivity index (χ1n) is 9.67. The van der Waals surface area contributed by atoms with E-state index >= 15 is 0 Å². The number of carboxylic acids is 1. The molecule has 0 aromatic heterocycles. The molecule has 0 unspecified atom stereocenters. The molecule has 0 saturated carbocycles. The van der Waals surface area contributed by atoms with Crippen LogP contribution in [0.5, 0.6) is 0 Å². The van der Waals surface area contributed by atoms with Gasteiger partial charge in [0.1, 0.15) is 0 Å². The van der Waals surface area contributed by atoms with Crippen LogP contribution >= 0.6 is 0 Å². The summed E-state index contributed by atoms with van der Waals surface area (Å²) in [6, 6.07) is 17.4. The van der Waals surface area contributed by atoms with E-state index in [1.165, 1.54) is 0 Å². The highest BCUT2D eigenvalue weighted by molar-refractivity contribution is 5.95. The van der Waals surface area contributed by atoms with E-state index in [4.69, 9.17) is 5.11 Å². The maximum Gasteiger partial charge on any atom is 0.303 e. The van der Waals surface area contributed by atoms with Crippen LogP contribution in [-0.2, 0) is 4.79 Å². The Balaban J connectivity index is 1.71. The van der Waals surface area contributed by atoms with Gasteiger partial charge >= 0.3 is 5.97 Å². The van der Waals surface area contributed by atoms with Crippen LogP contribution < -0.4 is 10.6 Å². The van der Waals surface area contributed by atoms with E-state index in [2.05, 4.69) is 10.6 Å². The monoisotopic (exact) mass is 392 g/mol. The topological polar surface area (TPSA) is 95.5 Å². The van der Waals surface area contributed by atoms with E-state index in [0.717, 1.165) is 5.57 Å². The van der Waals surface area contributed by atoms with Crippen LogP contribution in [0, 0.1) is 0 Å². The standard InChI is InChI=1S/C23H24N2O4/c26-21(27)14-11-18-15-19(24-22(28)16-7-3-1-4-8-16)12-13-20(18)25-23(29)17-9-5-2-6-10-17/h1-10,15,19-20H,11-14H2,(H,24,28)(H,25,29)(H,26,27)/t19-,20+/m1/s1. The molecule has 0 bridgehead atoms. The minimum Gasteiger partial charge on any atom is -0.481 e. The fraction of sp³-hybridized carbons (Fsp3) is 0.261. The van der Waals surface area contributed by atoms with Crippen LogP contribution in [-0.4, -0.2) is 35.0 Å². The summed E-state index contributed by atoms with van der Waals surface area (Å²) in [5, 5.41) is 15.1.